The van der Waals surface area contributed by atoms with Gasteiger partial charge in [-0.25, -0.2) is 9.59 Å². The molecule has 0 aliphatic carbocycles. The van der Waals surface area contributed by atoms with Crippen LogP contribution in [0.3, 0.4) is 0 Å². The zero-order chi connectivity index (χ0) is 39.1. The van der Waals surface area contributed by atoms with Crippen molar-refractivity contribution in [2.45, 2.75) is 118 Å². The van der Waals surface area contributed by atoms with Crippen LogP contribution in [0, 0.1) is 25.2 Å². The maximum atomic E-state index is 14.1. The van der Waals surface area contributed by atoms with Gasteiger partial charge in [0.25, 0.3) is 0 Å². The van der Waals surface area contributed by atoms with Crippen molar-refractivity contribution in [3.05, 3.63) is 46.5 Å². The monoisotopic (exact) mass is 712 g/mol. The van der Waals surface area contributed by atoms with Gasteiger partial charge in [0.1, 0.15) is 12.1 Å². The number of halogens is 3. The molecule has 1 aliphatic heterocycles. The summed E-state index contributed by atoms with van der Waals surface area (Å²) in [5.74, 6) is -4.68. The van der Waals surface area contributed by atoms with Crippen LogP contribution in [0.2, 0.25) is 0 Å². The number of carbonyl (C=O) groups excluding carboxylic acids is 3. The summed E-state index contributed by atoms with van der Waals surface area (Å²) in [5.41, 5.74) is 2.48. The van der Waals surface area contributed by atoms with Gasteiger partial charge in [-0.05, 0) is 57.6 Å². The molecule has 0 radical (unpaired) electrons. The zero-order valence-electron chi connectivity index (χ0n) is 31.3. The summed E-state index contributed by atoms with van der Waals surface area (Å²) < 4.78 is 31.7. The molecule has 1 aromatic rings. The van der Waals surface area contributed by atoms with Crippen LogP contribution < -0.4 is 10.6 Å². The first-order valence-corrected chi connectivity index (χ1v) is 16.5. The van der Waals surface area contributed by atoms with Crippen LogP contribution in [0.15, 0.2) is 29.8 Å². The van der Waals surface area contributed by atoms with Crippen LogP contribution in [0.1, 0.15) is 84.9 Å². The number of aryl methyl sites for hydroxylation is 2. The number of nitrogens with zero attached hydrogens (tertiary/aromatic N) is 2. The lowest BCUT2D eigenvalue weighted by atomic mass is 9.76. The number of aliphatic carboxylic acids is 2. The lowest BCUT2D eigenvalue weighted by molar-refractivity contribution is -0.192. The molecule has 1 heterocycles. The summed E-state index contributed by atoms with van der Waals surface area (Å²) in [7, 11) is 3.44. The van der Waals surface area contributed by atoms with Crippen LogP contribution >= 0.6 is 0 Å². The summed E-state index contributed by atoms with van der Waals surface area (Å²) in [5, 5.41) is 22.9. The number of carboxylic acids is 2. The van der Waals surface area contributed by atoms with Crippen LogP contribution in [-0.2, 0) is 29.4 Å². The van der Waals surface area contributed by atoms with E-state index in [9.17, 15) is 37.5 Å². The van der Waals surface area contributed by atoms with Gasteiger partial charge in [-0.3, -0.25) is 14.4 Å². The number of rotatable bonds is 11. The Labute approximate surface area is 293 Å². The molecule has 14 heteroatoms. The number of benzene rings is 1. The molecular formula is C36H55F3N4O7. The normalized spacial score (nSPS) is 17.3. The molecule has 1 aliphatic rings. The number of nitrogens with one attached hydrogen (secondary N) is 2. The largest absolute Gasteiger partial charge is 0.490 e. The van der Waals surface area contributed by atoms with Crippen LogP contribution in [-0.4, -0.2) is 101 Å². The number of amides is 3. The number of hydrogen-bond donors (Lipinski definition) is 4. The Hall–Kier alpha value is -3.94. The lowest BCUT2D eigenvalue weighted by Gasteiger charge is -2.40. The van der Waals surface area contributed by atoms with Gasteiger partial charge in [0.15, 0.2) is 0 Å². The molecule has 4 atom stereocenters. The van der Waals surface area contributed by atoms with Crippen molar-refractivity contribution >= 4 is 29.7 Å². The molecule has 282 valence electrons. The maximum absolute atomic E-state index is 14.1. The number of carboxylic acid groups (broad SMARTS) is 2. The van der Waals surface area contributed by atoms with E-state index >= 15 is 0 Å². The summed E-state index contributed by atoms with van der Waals surface area (Å²) in [6, 6.07) is 3.56. The van der Waals surface area contributed by atoms with Gasteiger partial charge in [0, 0.05) is 24.6 Å². The first kappa shape index (κ1) is 44.1. The quantitative estimate of drug-likeness (QED) is 0.238. The van der Waals surface area contributed by atoms with E-state index in [1.54, 1.807) is 32.0 Å². The highest BCUT2D eigenvalue weighted by Gasteiger charge is 2.42. The van der Waals surface area contributed by atoms with E-state index < -0.39 is 53.1 Å². The molecule has 0 bridgehead atoms. The maximum Gasteiger partial charge on any atom is 0.490 e. The van der Waals surface area contributed by atoms with Gasteiger partial charge in [-0.2, -0.15) is 13.2 Å². The van der Waals surface area contributed by atoms with Crippen molar-refractivity contribution < 1.29 is 47.4 Å². The number of hydrogen-bond acceptors (Lipinski definition) is 6. The second-order valence-electron chi connectivity index (χ2n) is 15.0. The average molecular weight is 713 g/mol. The Morgan fingerprint density at radius 1 is 0.960 bits per heavy atom. The smallest absolute Gasteiger partial charge is 0.480 e. The van der Waals surface area contributed by atoms with E-state index in [1.807, 2.05) is 62.3 Å². The highest BCUT2D eigenvalue weighted by molar-refractivity contribution is 5.96. The topological polar surface area (TPSA) is 156 Å². The van der Waals surface area contributed by atoms with Crippen molar-refractivity contribution in [3.8, 4) is 0 Å². The summed E-state index contributed by atoms with van der Waals surface area (Å²) in [6.07, 6.45) is -2.26. The minimum atomic E-state index is -5.08. The highest BCUT2D eigenvalue weighted by atomic mass is 19.4. The minimum Gasteiger partial charge on any atom is -0.480 e. The van der Waals surface area contributed by atoms with E-state index in [-0.39, 0.29) is 23.6 Å². The molecule has 0 unspecified atom stereocenters. The number of carbonyl (C=O) groups is 5. The Morgan fingerprint density at radius 2 is 1.46 bits per heavy atom. The molecule has 4 N–H and O–H groups in total. The SMILES string of the molecule is CN[C@H](C(=O)N[C@H](C(=O)N(C)[C@H](C=C(C)C(=O)N1CCC[C@H]1C(=O)O)C(C)C)C(C)(C)C)C(C)(C)c1cc(C)cc(C)c1.O=C(O)C(F)(F)F. The third-order valence-corrected chi connectivity index (χ3v) is 8.92. The minimum absolute atomic E-state index is 0.0459. The van der Waals surface area contributed by atoms with Crippen molar-refractivity contribution in [1.82, 2.24) is 20.4 Å². The van der Waals surface area contributed by atoms with E-state index in [0.717, 1.165) is 16.7 Å². The zero-order valence-corrected chi connectivity index (χ0v) is 31.3. The van der Waals surface area contributed by atoms with Crippen LogP contribution in [0.5, 0.6) is 0 Å². The Balaban J connectivity index is 0.00000161. The molecule has 50 heavy (non-hydrogen) atoms. The van der Waals surface area contributed by atoms with E-state index in [1.165, 1.54) is 4.90 Å². The second kappa shape index (κ2) is 17.3. The molecular weight excluding hydrogens is 657 g/mol. The van der Waals surface area contributed by atoms with Crippen molar-refractivity contribution in [2.24, 2.45) is 11.3 Å². The fraction of sp³-hybridized carbons (Fsp3) is 0.639. The van der Waals surface area contributed by atoms with E-state index in [4.69, 9.17) is 9.90 Å². The van der Waals surface area contributed by atoms with Gasteiger partial charge in [-0.1, -0.05) is 83.9 Å². The third-order valence-electron chi connectivity index (χ3n) is 8.92. The molecule has 0 saturated carbocycles. The summed E-state index contributed by atoms with van der Waals surface area (Å²) in [4.78, 5) is 64.8. The molecule has 1 aromatic carbocycles. The lowest BCUT2D eigenvalue weighted by Crippen LogP contribution is -2.61. The van der Waals surface area contributed by atoms with Gasteiger partial charge >= 0.3 is 18.1 Å². The molecule has 1 fully saturated rings. The molecule has 0 spiro atoms. The fourth-order valence-corrected chi connectivity index (χ4v) is 6.13. The molecule has 11 nitrogen and oxygen atoms in total. The van der Waals surface area contributed by atoms with Crippen molar-refractivity contribution in [2.75, 3.05) is 20.6 Å². The number of likely N-dealkylation sites (N-methyl/N-ethyl adjacent to an activating group) is 2. The second-order valence-corrected chi connectivity index (χ2v) is 15.0. The summed E-state index contributed by atoms with van der Waals surface area (Å²) in [6.45, 7) is 19.9. The van der Waals surface area contributed by atoms with Gasteiger partial charge in [0.05, 0.1) is 12.1 Å². The number of likely N-dealkylation sites (tertiary alicyclic amines) is 1. The van der Waals surface area contributed by atoms with Gasteiger partial charge in [-0.15, -0.1) is 0 Å². The third kappa shape index (κ3) is 11.6. The molecule has 0 aromatic heterocycles. The van der Waals surface area contributed by atoms with Crippen LogP contribution in [0.25, 0.3) is 0 Å². The van der Waals surface area contributed by atoms with E-state index in [2.05, 4.69) is 28.8 Å². The first-order chi connectivity index (χ1) is 22.7. The van der Waals surface area contributed by atoms with Crippen molar-refractivity contribution in [1.29, 1.82) is 0 Å². The summed E-state index contributed by atoms with van der Waals surface area (Å²) >= 11 is 0. The number of alkyl halides is 3. The first-order valence-electron chi connectivity index (χ1n) is 16.5. The van der Waals surface area contributed by atoms with E-state index in [0.29, 0.717) is 25.0 Å². The highest BCUT2D eigenvalue weighted by Crippen LogP contribution is 2.31. The standard InChI is InChI=1S/C34H54N4O5.C2HF3O2/c1-20(2)26(19-23(5)30(40)38-15-13-14-25(38)32(42)43)37(12)31(41)28(33(6,7)8)36-29(39)27(35-11)34(9,10)24-17-21(3)16-22(4)18-24;3-2(4,5)1(6)7/h16-20,25-28,35H,13-15H2,1-12H3,(H,36,39)(H,42,43);(H,6,7)/t25-,26+,27+,28+;/m0./s1. The Bertz CT molecular complexity index is 1410. The molecule has 3 amide bonds. The van der Waals surface area contributed by atoms with Gasteiger partial charge < -0.3 is 30.6 Å². The Kier molecular flexibility index (Phi) is 15.3. The average Bonchev–Trinajstić information content (AvgIpc) is 3.47. The van der Waals surface area contributed by atoms with Crippen molar-refractivity contribution in [3.63, 3.8) is 0 Å². The van der Waals surface area contributed by atoms with Crippen LogP contribution in [0.4, 0.5) is 13.2 Å². The van der Waals surface area contributed by atoms with Gasteiger partial charge in [0.2, 0.25) is 17.7 Å². The molecule has 1 saturated heterocycles. The predicted molar refractivity (Wildman–Crippen MR) is 184 cm³/mol. The predicted octanol–water partition coefficient (Wildman–Crippen LogP) is 4.84. The molecule has 2 rings (SSSR count). The fourth-order valence-electron chi connectivity index (χ4n) is 6.13. The Morgan fingerprint density at radius 3 is 1.86 bits per heavy atom.